The predicted molar refractivity (Wildman–Crippen MR) is 91.9 cm³/mol. The van der Waals surface area contributed by atoms with E-state index in [0.29, 0.717) is 13.2 Å². The summed E-state index contributed by atoms with van der Waals surface area (Å²) in [5.74, 6) is -0.317. The van der Waals surface area contributed by atoms with E-state index < -0.39 is 18.2 Å². The quantitative estimate of drug-likeness (QED) is 0.887. The molecule has 0 aliphatic carbocycles. The fourth-order valence-electron chi connectivity index (χ4n) is 2.72. The maximum absolute atomic E-state index is 12.3. The molecule has 0 bridgehead atoms. The van der Waals surface area contributed by atoms with Crippen LogP contribution in [0.2, 0.25) is 0 Å². The second-order valence-electron chi connectivity index (χ2n) is 5.78. The number of aryl methyl sites for hydroxylation is 1. The molecule has 1 saturated heterocycles. The van der Waals surface area contributed by atoms with Gasteiger partial charge in [-0.05, 0) is 19.1 Å². The van der Waals surface area contributed by atoms with Crippen LogP contribution < -0.4 is 5.32 Å². The Labute approximate surface area is 145 Å². The van der Waals surface area contributed by atoms with Crippen LogP contribution in [-0.4, -0.2) is 66.4 Å². The van der Waals surface area contributed by atoms with Gasteiger partial charge in [0.2, 0.25) is 0 Å². The lowest BCUT2D eigenvalue weighted by atomic mass is 10.1. The molecule has 0 spiro atoms. The van der Waals surface area contributed by atoms with E-state index >= 15 is 0 Å². The van der Waals surface area contributed by atoms with Gasteiger partial charge in [0, 0.05) is 25.6 Å². The number of imide groups is 1. The van der Waals surface area contributed by atoms with Crippen molar-refractivity contribution >= 4 is 28.9 Å². The van der Waals surface area contributed by atoms with Gasteiger partial charge in [-0.25, -0.2) is 9.79 Å². The molecule has 1 N–H and O–H groups in total. The lowest BCUT2D eigenvalue weighted by Gasteiger charge is -2.36. The third-order valence-corrected chi connectivity index (χ3v) is 5.12. The molecule has 2 aliphatic heterocycles. The Morgan fingerprint density at radius 2 is 2.00 bits per heavy atom. The number of amidine groups is 1. The minimum absolute atomic E-state index is 0.317. The monoisotopic (exact) mass is 348 g/mol. The summed E-state index contributed by atoms with van der Waals surface area (Å²) in [5.41, 5.74) is 1.18. The summed E-state index contributed by atoms with van der Waals surface area (Å²) >= 11 is 1.49. The third-order valence-electron chi connectivity index (χ3n) is 4.09. The summed E-state index contributed by atoms with van der Waals surface area (Å²) in [6.07, 6.45) is -0.504. The summed E-state index contributed by atoms with van der Waals surface area (Å²) in [4.78, 5) is 33.2. The number of likely N-dealkylation sites (N-methyl/N-ethyl adjacent to an activating group) is 1. The van der Waals surface area contributed by atoms with Crippen LogP contribution in [0.5, 0.6) is 0 Å². The molecule has 2 heterocycles. The smallest absolute Gasteiger partial charge is 0.325 e. The number of hydrogen-bond donors (Lipinski definition) is 1. The van der Waals surface area contributed by atoms with E-state index in [4.69, 9.17) is 4.74 Å². The molecular weight excluding hydrogens is 328 g/mol. The molecule has 1 aromatic rings. The maximum atomic E-state index is 12.3. The molecule has 1 fully saturated rings. The fourth-order valence-corrected chi connectivity index (χ4v) is 3.69. The van der Waals surface area contributed by atoms with Crippen LogP contribution in [-0.2, 0) is 9.53 Å². The van der Waals surface area contributed by atoms with Crippen molar-refractivity contribution in [2.24, 2.45) is 4.99 Å². The zero-order valence-electron chi connectivity index (χ0n) is 13.9. The van der Waals surface area contributed by atoms with Crippen LogP contribution >= 0.6 is 11.8 Å². The number of fused-ring (bicyclic) bond motifs is 1. The number of rotatable bonds is 4. The number of thioether (sulfide) groups is 1. The van der Waals surface area contributed by atoms with E-state index in [0.717, 1.165) is 10.1 Å². The summed E-state index contributed by atoms with van der Waals surface area (Å²) in [6.45, 7) is 3.04. The highest BCUT2D eigenvalue weighted by atomic mass is 32.2. The molecule has 7 nitrogen and oxygen atoms in total. The van der Waals surface area contributed by atoms with Gasteiger partial charge in [0.05, 0.1) is 6.61 Å². The molecule has 128 valence electrons. The second kappa shape index (κ2) is 6.82. The molecule has 24 heavy (non-hydrogen) atoms. The average Bonchev–Trinajstić information content (AvgIpc) is 2.92. The Kier molecular flexibility index (Phi) is 4.77. The van der Waals surface area contributed by atoms with Crippen LogP contribution in [0, 0.1) is 6.92 Å². The van der Waals surface area contributed by atoms with Gasteiger partial charge in [0.25, 0.3) is 5.91 Å². The van der Waals surface area contributed by atoms with Gasteiger partial charge in [-0.15, -0.1) is 0 Å². The zero-order valence-corrected chi connectivity index (χ0v) is 14.7. The highest BCUT2D eigenvalue weighted by molar-refractivity contribution is 8.13. The summed E-state index contributed by atoms with van der Waals surface area (Å²) in [7, 11) is 3.27. The van der Waals surface area contributed by atoms with Gasteiger partial charge >= 0.3 is 6.03 Å². The second-order valence-corrected chi connectivity index (χ2v) is 6.82. The van der Waals surface area contributed by atoms with Crippen LogP contribution in [0.25, 0.3) is 0 Å². The minimum atomic E-state index is -0.518. The van der Waals surface area contributed by atoms with Crippen molar-refractivity contribution in [2.45, 2.75) is 24.0 Å². The van der Waals surface area contributed by atoms with E-state index in [1.54, 1.807) is 14.2 Å². The average molecular weight is 348 g/mol. The van der Waals surface area contributed by atoms with Gasteiger partial charge in [0.1, 0.15) is 0 Å². The van der Waals surface area contributed by atoms with Crippen molar-refractivity contribution in [3.05, 3.63) is 29.8 Å². The minimum Gasteiger partial charge on any atom is -0.383 e. The molecule has 2 unspecified atom stereocenters. The topological polar surface area (TPSA) is 74.2 Å². The number of nitrogens with one attached hydrogen (secondary N) is 1. The first-order valence-electron chi connectivity index (χ1n) is 7.67. The van der Waals surface area contributed by atoms with Gasteiger partial charge in [-0.1, -0.05) is 29.5 Å². The van der Waals surface area contributed by atoms with Crippen LogP contribution in [0.1, 0.15) is 5.56 Å². The molecule has 3 rings (SSSR count). The van der Waals surface area contributed by atoms with E-state index in [2.05, 4.69) is 10.3 Å². The summed E-state index contributed by atoms with van der Waals surface area (Å²) in [5, 5.41) is 3.11. The zero-order chi connectivity index (χ0) is 17.3. The number of urea groups is 1. The Balaban J connectivity index is 1.87. The molecule has 1 aromatic carbocycles. The highest BCUT2D eigenvalue weighted by Crippen LogP contribution is 2.31. The Morgan fingerprint density at radius 1 is 1.29 bits per heavy atom. The van der Waals surface area contributed by atoms with Crippen molar-refractivity contribution in [3.8, 4) is 0 Å². The van der Waals surface area contributed by atoms with Crippen molar-refractivity contribution in [3.63, 3.8) is 0 Å². The molecule has 3 amide bonds. The highest BCUT2D eigenvalue weighted by Gasteiger charge is 2.48. The van der Waals surface area contributed by atoms with Crippen molar-refractivity contribution in [1.82, 2.24) is 15.1 Å². The van der Waals surface area contributed by atoms with Gasteiger partial charge in [0.15, 0.2) is 17.4 Å². The fraction of sp³-hybridized carbons (Fsp3) is 0.438. The number of carbonyl (C=O) groups excluding carboxylic acids is 2. The summed E-state index contributed by atoms with van der Waals surface area (Å²) < 4.78 is 5.16. The Hall–Kier alpha value is -2.06. The van der Waals surface area contributed by atoms with Crippen LogP contribution in [0.3, 0.4) is 0 Å². The Morgan fingerprint density at radius 3 is 2.67 bits per heavy atom. The van der Waals surface area contributed by atoms with Gasteiger partial charge in [-0.3, -0.25) is 10.1 Å². The number of amides is 3. The van der Waals surface area contributed by atoms with Crippen molar-refractivity contribution < 1.29 is 14.3 Å². The molecule has 2 aliphatic rings. The number of methoxy groups -OCH3 is 1. The standard InChI is InChI=1S/C16H20N4O3S/c1-10-4-6-11(7-5-10)24-16-17-13-12(20(16)8-9-23-3)14(21)18-15(22)19(13)2/h4-7,12-13H,8-9H2,1-3H3,(H,18,21,22). The number of benzene rings is 1. The number of aliphatic imine (C=N–C) groups is 1. The van der Waals surface area contributed by atoms with Crippen molar-refractivity contribution in [1.29, 1.82) is 0 Å². The molecule has 2 atom stereocenters. The summed E-state index contributed by atoms with van der Waals surface area (Å²) in [6, 6.07) is 7.18. The molecule has 0 aromatic heterocycles. The van der Waals surface area contributed by atoms with Crippen molar-refractivity contribution in [2.75, 3.05) is 27.3 Å². The molecule has 8 heteroatoms. The number of ether oxygens (including phenoxy) is 1. The first-order valence-corrected chi connectivity index (χ1v) is 8.48. The van der Waals surface area contributed by atoms with Crippen LogP contribution in [0.4, 0.5) is 4.79 Å². The van der Waals surface area contributed by atoms with E-state index in [1.807, 2.05) is 36.1 Å². The largest absolute Gasteiger partial charge is 0.383 e. The maximum Gasteiger partial charge on any atom is 0.325 e. The van der Waals surface area contributed by atoms with E-state index in [9.17, 15) is 9.59 Å². The van der Waals surface area contributed by atoms with E-state index in [1.165, 1.54) is 22.2 Å². The molecular formula is C16H20N4O3S. The lowest BCUT2D eigenvalue weighted by molar-refractivity contribution is -0.127. The third kappa shape index (κ3) is 3.11. The number of carbonyl (C=O) groups is 2. The first kappa shape index (κ1) is 16.8. The van der Waals surface area contributed by atoms with Gasteiger partial charge in [-0.2, -0.15) is 0 Å². The predicted octanol–water partition coefficient (Wildman–Crippen LogP) is 1.28. The van der Waals surface area contributed by atoms with Crippen LogP contribution in [0.15, 0.2) is 34.2 Å². The number of hydrogen-bond acceptors (Lipinski definition) is 6. The van der Waals surface area contributed by atoms with Gasteiger partial charge < -0.3 is 14.5 Å². The lowest BCUT2D eigenvalue weighted by Crippen LogP contribution is -2.63. The number of nitrogens with zero attached hydrogens (tertiary/aromatic N) is 3. The normalized spacial score (nSPS) is 23.2. The molecule has 0 saturated carbocycles. The Bertz CT molecular complexity index is 676. The first-order chi connectivity index (χ1) is 11.5. The SMILES string of the molecule is COCCN1C(Sc2ccc(C)cc2)=NC2C1C(=O)NC(=O)N2C. The molecule has 0 radical (unpaired) electrons. The van der Waals surface area contributed by atoms with E-state index in [-0.39, 0.29) is 5.91 Å².